The Morgan fingerprint density at radius 3 is 2.33 bits per heavy atom. The van der Waals surface area contributed by atoms with Gasteiger partial charge in [0.1, 0.15) is 0 Å². The van der Waals surface area contributed by atoms with Crippen molar-refractivity contribution in [2.75, 3.05) is 24.5 Å². The van der Waals surface area contributed by atoms with Crippen LogP contribution in [0.3, 0.4) is 0 Å². The van der Waals surface area contributed by atoms with Gasteiger partial charge < -0.3 is 10.2 Å². The van der Waals surface area contributed by atoms with Crippen molar-refractivity contribution in [2.45, 2.75) is 65.8 Å². The third-order valence-corrected chi connectivity index (χ3v) is 5.11. The summed E-state index contributed by atoms with van der Waals surface area (Å²) in [5.41, 5.74) is 1.30. The molecule has 1 saturated heterocycles. The maximum atomic E-state index is 4.98. The lowest BCUT2D eigenvalue weighted by atomic mass is 10.1. The Morgan fingerprint density at radius 2 is 1.76 bits per heavy atom. The maximum absolute atomic E-state index is 4.98. The minimum Gasteiger partial charge on any atom is -0.348 e. The first-order valence-electron chi connectivity index (χ1n) is 8.53. The first-order valence-corrected chi connectivity index (χ1v) is 9.35. The minimum absolute atomic E-state index is 0.512. The lowest BCUT2D eigenvalue weighted by Crippen LogP contribution is -2.23. The number of hydrogen-bond donors (Lipinski definition) is 1. The van der Waals surface area contributed by atoms with Crippen molar-refractivity contribution >= 4 is 16.5 Å². The summed E-state index contributed by atoms with van der Waals surface area (Å²) in [6.07, 6.45) is 5.39. The molecular weight excluding hydrogens is 278 g/mol. The standard InChI is InChI=1S/C17H31N3S/c1-13(2)11-18-12-15-16(14(3)4)19-17(21-15)20-9-7-5-6-8-10-20/h13-14,18H,5-12H2,1-4H3. The van der Waals surface area contributed by atoms with Crippen molar-refractivity contribution in [3.05, 3.63) is 10.6 Å². The molecule has 1 N–H and O–H groups in total. The third kappa shape index (κ3) is 4.96. The van der Waals surface area contributed by atoms with Gasteiger partial charge in [0, 0.05) is 24.5 Å². The maximum Gasteiger partial charge on any atom is 0.185 e. The van der Waals surface area contributed by atoms with E-state index in [4.69, 9.17) is 4.98 Å². The molecule has 0 amide bonds. The van der Waals surface area contributed by atoms with Crippen molar-refractivity contribution in [2.24, 2.45) is 5.92 Å². The van der Waals surface area contributed by atoms with Gasteiger partial charge in [0.15, 0.2) is 5.13 Å². The van der Waals surface area contributed by atoms with Crippen molar-refractivity contribution in [1.82, 2.24) is 10.3 Å². The molecule has 0 spiro atoms. The van der Waals surface area contributed by atoms with Gasteiger partial charge >= 0.3 is 0 Å². The zero-order valence-electron chi connectivity index (χ0n) is 14.1. The summed E-state index contributed by atoms with van der Waals surface area (Å²) in [5.74, 6) is 1.21. The van der Waals surface area contributed by atoms with Gasteiger partial charge in [-0.25, -0.2) is 4.98 Å². The van der Waals surface area contributed by atoms with Crippen LogP contribution in [0, 0.1) is 5.92 Å². The number of thiazole rings is 1. The molecular formula is C17H31N3S. The van der Waals surface area contributed by atoms with E-state index < -0.39 is 0 Å². The molecule has 0 unspecified atom stereocenters. The van der Waals surface area contributed by atoms with Gasteiger partial charge in [-0.1, -0.05) is 40.5 Å². The van der Waals surface area contributed by atoms with E-state index in [0.717, 1.165) is 13.1 Å². The van der Waals surface area contributed by atoms with Crippen LogP contribution in [-0.2, 0) is 6.54 Å². The molecule has 21 heavy (non-hydrogen) atoms. The van der Waals surface area contributed by atoms with Crippen LogP contribution in [0.1, 0.15) is 69.9 Å². The predicted octanol–water partition coefficient (Wildman–Crippen LogP) is 4.39. The predicted molar refractivity (Wildman–Crippen MR) is 93.4 cm³/mol. The van der Waals surface area contributed by atoms with Crippen LogP contribution in [0.2, 0.25) is 0 Å². The van der Waals surface area contributed by atoms with Gasteiger partial charge in [-0.2, -0.15) is 0 Å². The van der Waals surface area contributed by atoms with E-state index in [1.54, 1.807) is 0 Å². The molecule has 2 heterocycles. The molecule has 0 atom stereocenters. The van der Waals surface area contributed by atoms with E-state index >= 15 is 0 Å². The summed E-state index contributed by atoms with van der Waals surface area (Å²) >= 11 is 1.91. The molecule has 0 bridgehead atoms. The summed E-state index contributed by atoms with van der Waals surface area (Å²) in [6, 6.07) is 0. The summed E-state index contributed by atoms with van der Waals surface area (Å²) < 4.78 is 0. The zero-order chi connectivity index (χ0) is 15.2. The fourth-order valence-electron chi connectivity index (χ4n) is 2.80. The molecule has 1 aliphatic rings. The Balaban J connectivity index is 2.08. The lowest BCUT2D eigenvalue weighted by molar-refractivity contribution is 0.552. The van der Waals surface area contributed by atoms with Crippen LogP contribution in [0.5, 0.6) is 0 Å². The number of nitrogens with one attached hydrogen (secondary N) is 1. The number of nitrogens with zero attached hydrogens (tertiary/aromatic N) is 2. The molecule has 0 saturated carbocycles. The number of aromatic nitrogens is 1. The van der Waals surface area contributed by atoms with Crippen molar-refractivity contribution < 1.29 is 0 Å². The lowest BCUT2D eigenvalue weighted by Gasteiger charge is -2.18. The van der Waals surface area contributed by atoms with Crippen LogP contribution in [0.4, 0.5) is 5.13 Å². The normalized spacial score (nSPS) is 16.8. The average molecular weight is 310 g/mol. The van der Waals surface area contributed by atoms with E-state index in [0.29, 0.717) is 11.8 Å². The molecule has 1 aromatic rings. The molecule has 1 fully saturated rings. The molecule has 0 aromatic carbocycles. The van der Waals surface area contributed by atoms with Gasteiger partial charge in [0.25, 0.3) is 0 Å². The van der Waals surface area contributed by atoms with Gasteiger partial charge in [0.2, 0.25) is 0 Å². The second kappa shape index (κ2) is 8.14. The Morgan fingerprint density at radius 1 is 1.10 bits per heavy atom. The number of rotatable bonds is 6. The molecule has 0 aliphatic carbocycles. The summed E-state index contributed by atoms with van der Waals surface area (Å²) in [4.78, 5) is 8.92. The Bertz CT molecular complexity index is 418. The average Bonchev–Trinajstić information content (AvgIpc) is 2.67. The third-order valence-electron chi connectivity index (χ3n) is 3.98. The highest BCUT2D eigenvalue weighted by atomic mass is 32.1. The van der Waals surface area contributed by atoms with Crippen LogP contribution in [0.15, 0.2) is 0 Å². The Labute approximate surface area is 134 Å². The summed E-state index contributed by atoms with van der Waals surface area (Å²) in [6.45, 7) is 13.4. The first-order chi connectivity index (χ1) is 10.1. The van der Waals surface area contributed by atoms with Crippen LogP contribution < -0.4 is 10.2 Å². The zero-order valence-corrected chi connectivity index (χ0v) is 14.9. The minimum atomic E-state index is 0.512. The Kier molecular flexibility index (Phi) is 6.49. The second-order valence-electron chi connectivity index (χ2n) is 6.89. The van der Waals surface area contributed by atoms with E-state index in [9.17, 15) is 0 Å². The molecule has 1 aromatic heterocycles. The monoisotopic (exact) mass is 309 g/mol. The molecule has 4 heteroatoms. The second-order valence-corrected chi connectivity index (χ2v) is 7.95. The van der Waals surface area contributed by atoms with Crippen LogP contribution in [-0.4, -0.2) is 24.6 Å². The van der Waals surface area contributed by atoms with E-state index in [1.165, 1.54) is 54.5 Å². The topological polar surface area (TPSA) is 28.2 Å². The van der Waals surface area contributed by atoms with Gasteiger partial charge in [-0.05, 0) is 31.2 Å². The summed E-state index contributed by atoms with van der Waals surface area (Å²) in [7, 11) is 0. The number of hydrogen-bond acceptors (Lipinski definition) is 4. The van der Waals surface area contributed by atoms with Crippen molar-refractivity contribution in [1.29, 1.82) is 0 Å². The fraction of sp³-hybridized carbons (Fsp3) is 0.824. The van der Waals surface area contributed by atoms with Gasteiger partial charge in [-0.15, -0.1) is 11.3 Å². The van der Waals surface area contributed by atoms with Crippen LogP contribution >= 0.6 is 11.3 Å². The molecule has 120 valence electrons. The number of anilines is 1. The summed E-state index contributed by atoms with van der Waals surface area (Å²) in [5, 5.41) is 4.83. The highest BCUT2D eigenvalue weighted by Gasteiger charge is 2.19. The smallest absolute Gasteiger partial charge is 0.185 e. The quantitative estimate of drug-likeness (QED) is 0.844. The van der Waals surface area contributed by atoms with Gasteiger partial charge in [0.05, 0.1) is 5.69 Å². The Hall–Kier alpha value is -0.610. The SMILES string of the molecule is CC(C)CNCc1sc(N2CCCCCC2)nc1C(C)C. The van der Waals surface area contributed by atoms with E-state index in [2.05, 4.69) is 37.9 Å². The fourth-order valence-corrected chi connectivity index (χ4v) is 4.04. The highest BCUT2D eigenvalue weighted by Crippen LogP contribution is 2.32. The molecule has 2 rings (SSSR count). The van der Waals surface area contributed by atoms with Crippen LogP contribution in [0.25, 0.3) is 0 Å². The highest BCUT2D eigenvalue weighted by molar-refractivity contribution is 7.15. The van der Waals surface area contributed by atoms with E-state index in [1.807, 2.05) is 11.3 Å². The molecule has 3 nitrogen and oxygen atoms in total. The first kappa shape index (κ1) is 16.8. The van der Waals surface area contributed by atoms with E-state index in [-0.39, 0.29) is 0 Å². The largest absolute Gasteiger partial charge is 0.348 e. The van der Waals surface area contributed by atoms with Crippen molar-refractivity contribution in [3.8, 4) is 0 Å². The molecule has 1 aliphatic heterocycles. The van der Waals surface area contributed by atoms with Crippen molar-refractivity contribution in [3.63, 3.8) is 0 Å². The molecule has 0 radical (unpaired) electrons. The van der Waals surface area contributed by atoms with Gasteiger partial charge in [-0.3, -0.25) is 0 Å².